The molecule has 4 aromatic rings. The van der Waals surface area contributed by atoms with E-state index in [-0.39, 0.29) is 5.92 Å². The van der Waals surface area contributed by atoms with Crippen LogP contribution in [0.5, 0.6) is 0 Å². The molecule has 0 spiro atoms. The van der Waals surface area contributed by atoms with Gasteiger partial charge in [0.15, 0.2) is 17.3 Å². The van der Waals surface area contributed by atoms with E-state index in [1.807, 2.05) is 74.5 Å². The number of carbonyl (C=O) groups is 1. The minimum absolute atomic E-state index is 0.00537. The zero-order valence-corrected chi connectivity index (χ0v) is 16.3. The smallest absolute Gasteiger partial charge is 0.240 e. The maximum absolute atomic E-state index is 12.0. The molecule has 0 radical (unpaired) electrons. The van der Waals surface area contributed by atoms with E-state index in [4.69, 9.17) is 5.73 Å². The maximum Gasteiger partial charge on any atom is 0.240 e. The van der Waals surface area contributed by atoms with Gasteiger partial charge in [-0.25, -0.2) is 15.0 Å². The second-order valence-electron chi connectivity index (χ2n) is 7.18. The van der Waals surface area contributed by atoms with E-state index >= 15 is 0 Å². The average molecular weight is 386 g/mol. The second kappa shape index (κ2) is 7.71. The van der Waals surface area contributed by atoms with Crippen LogP contribution in [0.4, 0.5) is 5.82 Å². The summed E-state index contributed by atoms with van der Waals surface area (Å²) in [7, 11) is 0. The van der Waals surface area contributed by atoms with Crippen molar-refractivity contribution in [1.29, 1.82) is 0 Å². The predicted molar refractivity (Wildman–Crippen MR) is 114 cm³/mol. The molecule has 0 aliphatic rings. The summed E-state index contributed by atoms with van der Waals surface area (Å²) in [5.74, 6) is 1.27. The third-order valence-electron chi connectivity index (χ3n) is 4.70. The van der Waals surface area contributed by atoms with E-state index in [1.54, 1.807) is 0 Å². The van der Waals surface area contributed by atoms with Gasteiger partial charge >= 0.3 is 0 Å². The molecule has 2 heterocycles. The molecule has 0 fully saturated rings. The number of hydrogen-bond acceptors (Lipinski definition) is 5. The average Bonchev–Trinajstić information content (AvgIpc) is 3.17. The fraction of sp³-hybridized carbons (Fsp3) is 0.182. The third-order valence-corrected chi connectivity index (χ3v) is 4.70. The molecule has 1 atom stereocenters. The summed E-state index contributed by atoms with van der Waals surface area (Å²) >= 11 is 0. The highest BCUT2D eigenvalue weighted by atomic mass is 16.1. The van der Waals surface area contributed by atoms with Crippen LogP contribution in [0.3, 0.4) is 0 Å². The van der Waals surface area contributed by atoms with Crippen LogP contribution in [0.2, 0.25) is 0 Å². The van der Waals surface area contributed by atoms with Crippen LogP contribution in [-0.2, 0) is 4.79 Å². The largest absolute Gasteiger partial charge is 0.368 e. The number of imidazole rings is 1. The molecule has 0 bridgehead atoms. The van der Waals surface area contributed by atoms with E-state index in [9.17, 15) is 4.79 Å². The van der Waals surface area contributed by atoms with Gasteiger partial charge in [-0.1, -0.05) is 74.5 Å². The first-order valence-electron chi connectivity index (χ1n) is 9.47. The van der Waals surface area contributed by atoms with Gasteiger partial charge in [0, 0.05) is 11.1 Å². The topological polar surface area (TPSA) is 110 Å². The SMILES string of the molecule is CC(C)C(Nc1nc(-c2ccccc2)nc2nc(-c3ccccc3)[nH]c12)C(N)=O. The van der Waals surface area contributed by atoms with E-state index in [0.29, 0.717) is 28.6 Å². The number of rotatable bonds is 6. The van der Waals surface area contributed by atoms with Crippen LogP contribution < -0.4 is 11.1 Å². The number of nitrogens with zero attached hydrogens (tertiary/aromatic N) is 3. The lowest BCUT2D eigenvalue weighted by Crippen LogP contribution is -2.39. The predicted octanol–water partition coefficient (Wildman–Crippen LogP) is 3.61. The van der Waals surface area contributed by atoms with Gasteiger partial charge in [0.1, 0.15) is 17.4 Å². The van der Waals surface area contributed by atoms with Gasteiger partial charge in [-0.05, 0) is 5.92 Å². The van der Waals surface area contributed by atoms with Crippen molar-refractivity contribution in [3.8, 4) is 22.8 Å². The number of primary amides is 1. The monoisotopic (exact) mass is 386 g/mol. The summed E-state index contributed by atoms with van der Waals surface area (Å²) in [6, 6.07) is 18.9. The van der Waals surface area contributed by atoms with Gasteiger partial charge in [-0.3, -0.25) is 4.79 Å². The maximum atomic E-state index is 12.0. The second-order valence-corrected chi connectivity index (χ2v) is 7.18. The Morgan fingerprint density at radius 2 is 1.55 bits per heavy atom. The zero-order chi connectivity index (χ0) is 20.4. The Morgan fingerprint density at radius 1 is 0.931 bits per heavy atom. The fourth-order valence-electron chi connectivity index (χ4n) is 3.16. The van der Waals surface area contributed by atoms with Crippen LogP contribution in [0, 0.1) is 5.92 Å². The molecule has 4 rings (SSSR count). The Hall–Kier alpha value is -3.74. The van der Waals surface area contributed by atoms with Crippen LogP contribution >= 0.6 is 0 Å². The number of anilines is 1. The molecular formula is C22H22N6O. The van der Waals surface area contributed by atoms with Crippen LogP contribution in [0.15, 0.2) is 60.7 Å². The van der Waals surface area contributed by atoms with E-state index < -0.39 is 11.9 Å². The number of aromatic nitrogens is 4. The third kappa shape index (κ3) is 3.80. The van der Waals surface area contributed by atoms with Crippen molar-refractivity contribution in [2.75, 3.05) is 5.32 Å². The molecule has 2 aromatic carbocycles. The highest BCUT2D eigenvalue weighted by molar-refractivity contribution is 5.90. The van der Waals surface area contributed by atoms with E-state index in [1.165, 1.54) is 0 Å². The minimum Gasteiger partial charge on any atom is -0.368 e. The minimum atomic E-state index is -0.569. The number of amides is 1. The van der Waals surface area contributed by atoms with E-state index in [2.05, 4.69) is 25.3 Å². The number of aromatic amines is 1. The number of fused-ring (bicyclic) bond motifs is 1. The Morgan fingerprint density at radius 3 is 2.14 bits per heavy atom. The summed E-state index contributed by atoms with van der Waals surface area (Å²) in [5, 5.41) is 3.20. The molecule has 4 N–H and O–H groups in total. The molecule has 7 nitrogen and oxygen atoms in total. The van der Waals surface area contributed by atoms with Crippen molar-refractivity contribution in [2.45, 2.75) is 19.9 Å². The van der Waals surface area contributed by atoms with Crippen LogP contribution in [0.1, 0.15) is 13.8 Å². The highest BCUT2D eigenvalue weighted by Crippen LogP contribution is 2.27. The Labute approximate surface area is 168 Å². The molecule has 2 aromatic heterocycles. The summed E-state index contributed by atoms with van der Waals surface area (Å²) in [6.45, 7) is 3.86. The number of nitrogens with two attached hydrogens (primary N) is 1. The summed E-state index contributed by atoms with van der Waals surface area (Å²) in [6.07, 6.45) is 0. The van der Waals surface area contributed by atoms with Gasteiger partial charge in [0.25, 0.3) is 0 Å². The molecule has 0 aliphatic carbocycles. The molecule has 0 aliphatic heterocycles. The molecule has 0 saturated carbocycles. The van der Waals surface area contributed by atoms with Gasteiger partial charge < -0.3 is 16.0 Å². The Bertz CT molecular complexity index is 1140. The van der Waals surface area contributed by atoms with Crippen molar-refractivity contribution in [3.05, 3.63) is 60.7 Å². The summed E-state index contributed by atoms with van der Waals surface area (Å²) in [4.78, 5) is 29.2. The molecule has 0 saturated heterocycles. The first-order chi connectivity index (χ1) is 14.0. The van der Waals surface area contributed by atoms with Crippen LogP contribution in [-0.4, -0.2) is 31.9 Å². The number of hydrogen-bond donors (Lipinski definition) is 3. The first kappa shape index (κ1) is 18.6. The summed E-state index contributed by atoms with van der Waals surface area (Å²) in [5.41, 5.74) is 8.56. The molecule has 7 heteroatoms. The Kier molecular flexibility index (Phi) is 4.95. The van der Waals surface area contributed by atoms with Crippen LogP contribution in [0.25, 0.3) is 33.9 Å². The van der Waals surface area contributed by atoms with Crippen molar-refractivity contribution in [1.82, 2.24) is 19.9 Å². The molecule has 1 unspecified atom stereocenters. The van der Waals surface area contributed by atoms with Gasteiger partial charge in [-0.15, -0.1) is 0 Å². The molecule has 1 amide bonds. The van der Waals surface area contributed by atoms with Gasteiger partial charge in [0.2, 0.25) is 5.91 Å². The van der Waals surface area contributed by atoms with E-state index in [0.717, 1.165) is 11.1 Å². The zero-order valence-electron chi connectivity index (χ0n) is 16.3. The number of benzene rings is 2. The van der Waals surface area contributed by atoms with Crippen molar-refractivity contribution in [2.24, 2.45) is 11.7 Å². The normalized spacial score (nSPS) is 12.2. The fourth-order valence-corrected chi connectivity index (χ4v) is 3.16. The number of H-pyrrole nitrogens is 1. The molecule has 146 valence electrons. The lowest BCUT2D eigenvalue weighted by molar-refractivity contribution is -0.119. The summed E-state index contributed by atoms with van der Waals surface area (Å²) < 4.78 is 0. The lowest BCUT2D eigenvalue weighted by atomic mass is 10.0. The molecule has 29 heavy (non-hydrogen) atoms. The van der Waals surface area contributed by atoms with Gasteiger partial charge in [0.05, 0.1) is 0 Å². The number of nitrogens with one attached hydrogen (secondary N) is 2. The standard InChI is InChI=1S/C22H22N6O/c1-13(2)16(18(23)29)24-21-17-22(26-19(25-17)14-9-5-3-6-10-14)28-20(27-21)15-11-7-4-8-12-15/h3-13,16H,1-2H3,(H2,23,29)(H2,24,25,26,27,28). The quantitative estimate of drug-likeness (QED) is 0.469. The van der Waals surface area contributed by atoms with Crippen molar-refractivity contribution >= 4 is 22.9 Å². The lowest BCUT2D eigenvalue weighted by Gasteiger charge is -2.20. The molecular weight excluding hydrogens is 364 g/mol. The highest BCUT2D eigenvalue weighted by Gasteiger charge is 2.23. The van der Waals surface area contributed by atoms with Crippen molar-refractivity contribution in [3.63, 3.8) is 0 Å². The van der Waals surface area contributed by atoms with Gasteiger partial charge in [-0.2, -0.15) is 0 Å². The first-order valence-corrected chi connectivity index (χ1v) is 9.47. The Balaban J connectivity index is 1.88. The number of carbonyl (C=O) groups excluding carboxylic acids is 1. The van der Waals surface area contributed by atoms with Crippen molar-refractivity contribution < 1.29 is 4.79 Å².